The number of thioether (sulfide) groups is 1. The van der Waals surface area contributed by atoms with Crippen LogP contribution in [-0.2, 0) is 16.9 Å². The second-order valence-corrected chi connectivity index (χ2v) is 9.19. The van der Waals surface area contributed by atoms with E-state index in [0.29, 0.717) is 6.42 Å². The molecule has 3 heterocycles. The monoisotopic (exact) mass is 330 g/mol. The van der Waals surface area contributed by atoms with Crippen molar-refractivity contribution in [2.45, 2.75) is 30.3 Å². The van der Waals surface area contributed by atoms with Crippen LogP contribution in [0.15, 0.2) is 5.16 Å². The van der Waals surface area contributed by atoms with Gasteiger partial charge in [0, 0.05) is 25.3 Å². The fourth-order valence-electron chi connectivity index (χ4n) is 3.08. The molecule has 2 aliphatic heterocycles. The lowest BCUT2D eigenvalue weighted by Crippen LogP contribution is -2.22. The van der Waals surface area contributed by atoms with Crippen molar-refractivity contribution in [1.29, 1.82) is 0 Å². The third-order valence-electron chi connectivity index (χ3n) is 4.30. The van der Waals surface area contributed by atoms with Gasteiger partial charge in [-0.2, -0.15) is 0 Å². The molecule has 21 heavy (non-hydrogen) atoms. The average Bonchev–Trinajstić information content (AvgIpc) is 3.12. The van der Waals surface area contributed by atoms with Gasteiger partial charge in [-0.1, -0.05) is 11.8 Å². The Balaban J connectivity index is 1.57. The molecule has 0 saturated carbocycles. The lowest BCUT2D eigenvalue weighted by Gasteiger charge is -2.13. The van der Waals surface area contributed by atoms with Gasteiger partial charge in [0.2, 0.25) is 0 Å². The van der Waals surface area contributed by atoms with Crippen molar-refractivity contribution in [2.75, 3.05) is 36.9 Å². The highest BCUT2D eigenvalue weighted by molar-refractivity contribution is 7.99. The second kappa shape index (κ2) is 6.26. The van der Waals surface area contributed by atoms with Gasteiger partial charge in [0.1, 0.15) is 5.82 Å². The zero-order valence-electron chi connectivity index (χ0n) is 12.4. The molecule has 0 unspecified atom stereocenters. The van der Waals surface area contributed by atoms with E-state index < -0.39 is 9.84 Å². The zero-order valence-corrected chi connectivity index (χ0v) is 14.0. The standard InChI is InChI=1S/C13H22N4O2S2/c1-16-12(11-4-9-21(18,19)10-11)14-15-13(16)20-8-7-17-5-2-3-6-17/h11H,2-10H2,1H3/t11-/m0/s1. The Bertz CT molecular complexity index is 593. The van der Waals surface area contributed by atoms with Crippen LogP contribution in [-0.4, -0.2) is 65.0 Å². The summed E-state index contributed by atoms with van der Waals surface area (Å²) in [4.78, 5) is 2.48. The first kappa shape index (κ1) is 15.3. The molecular weight excluding hydrogens is 308 g/mol. The van der Waals surface area contributed by atoms with E-state index in [0.717, 1.165) is 23.3 Å². The summed E-state index contributed by atoms with van der Waals surface area (Å²) in [5, 5.41) is 9.36. The summed E-state index contributed by atoms with van der Waals surface area (Å²) in [6, 6.07) is 0. The number of sulfone groups is 1. The molecule has 1 atom stereocenters. The number of hydrogen-bond donors (Lipinski definition) is 0. The molecule has 2 saturated heterocycles. The van der Waals surface area contributed by atoms with Gasteiger partial charge < -0.3 is 9.47 Å². The maximum Gasteiger partial charge on any atom is 0.191 e. The Morgan fingerprint density at radius 3 is 2.71 bits per heavy atom. The van der Waals surface area contributed by atoms with E-state index in [2.05, 4.69) is 15.1 Å². The third kappa shape index (κ3) is 3.60. The molecule has 0 radical (unpaired) electrons. The molecule has 2 aliphatic rings. The van der Waals surface area contributed by atoms with E-state index in [1.165, 1.54) is 25.9 Å². The second-order valence-electron chi connectivity index (χ2n) is 5.90. The first-order chi connectivity index (χ1) is 10.1. The lowest BCUT2D eigenvalue weighted by atomic mass is 10.1. The maximum absolute atomic E-state index is 11.6. The van der Waals surface area contributed by atoms with Crippen LogP contribution < -0.4 is 0 Å². The lowest BCUT2D eigenvalue weighted by molar-refractivity contribution is 0.362. The maximum atomic E-state index is 11.6. The van der Waals surface area contributed by atoms with Crippen LogP contribution in [0.2, 0.25) is 0 Å². The first-order valence-electron chi connectivity index (χ1n) is 7.50. The van der Waals surface area contributed by atoms with Gasteiger partial charge in [-0.3, -0.25) is 0 Å². The van der Waals surface area contributed by atoms with Gasteiger partial charge in [0.15, 0.2) is 15.0 Å². The van der Waals surface area contributed by atoms with Crippen LogP contribution in [0.5, 0.6) is 0 Å². The van der Waals surface area contributed by atoms with Crippen molar-refractivity contribution in [2.24, 2.45) is 7.05 Å². The topological polar surface area (TPSA) is 68.1 Å². The van der Waals surface area contributed by atoms with Gasteiger partial charge in [0.05, 0.1) is 11.5 Å². The molecule has 0 bridgehead atoms. The molecule has 6 nitrogen and oxygen atoms in total. The van der Waals surface area contributed by atoms with Crippen molar-refractivity contribution in [3.05, 3.63) is 5.82 Å². The minimum Gasteiger partial charge on any atom is -0.309 e. The largest absolute Gasteiger partial charge is 0.309 e. The van der Waals surface area contributed by atoms with E-state index in [1.54, 1.807) is 11.8 Å². The molecule has 8 heteroatoms. The van der Waals surface area contributed by atoms with E-state index in [1.807, 2.05) is 11.6 Å². The van der Waals surface area contributed by atoms with Crippen LogP contribution in [0.1, 0.15) is 31.0 Å². The molecular formula is C13H22N4O2S2. The number of likely N-dealkylation sites (tertiary alicyclic amines) is 1. The van der Waals surface area contributed by atoms with Crippen LogP contribution in [0.3, 0.4) is 0 Å². The first-order valence-corrected chi connectivity index (χ1v) is 10.3. The molecule has 0 aliphatic carbocycles. The van der Waals surface area contributed by atoms with Gasteiger partial charge in [-0.05, 0) is 32.4 Å². The third-order valence-corrected chi connectivity index (χ3v) is 7.07. The van der Waals surface area contributed by atoms with Crippen molar-refractivity contribution >= 4 is 21.6 Å². The Kier molecular flexibility index (Phi) is 4.56. The number of rotatable bonds is 5. The predicted molar refractivity (Wildman–Crippen MR) is 83.4 cm³/mol. The highest BCUT2D eigenvalue weighted by Crippen LogP contribution is 2.29. The summed E-state index contributed by atoms with van der Waals surface area (Å²) in [6.07, 6.45) is 3.30. The molecule has 0 spiro atoms. The normalized spacial score (nSPS) is 25.7. The van der Waals surface area contributed by atoms with Crippen LogP contribution in [0.4, 0.5) is 0 Å². The minimum absolute atomic E-state index is 0.0143. The van der Waals surface area contributed by atoms with Gasteiger partial charge in [-0.25, -0.2) is 8.42 Å². The quantitative estimate of drug-likeness (QED) is 0.748. The molecule has 2 fully saturated rings. The molecule has 3 rings (SSSR count). The molecule has 0 aromatic carbocycles. The van der Waals surface area contributed by atoms with Crippen molar-refractivity contribution < 1.29 is 8.42 Å². The summed E-state index contributed by atoms with van der Waals surface area (Å²) in [7, 11) is -0.931. The van der Waals surface area contributed by atoms with Crippen LogP contribution in [0, 0.1) is 0 Å². The van der Waals surface area contributed by atoms with E-state index >= 15 is 0 Å². The molecule has 0 amide bonds. The van der Waals surface area contributed by atoms with Gasteiger partial charge in [-0.15, -0.1) is 10.2 Å². The average molecular weight is 330 g/mol. The SMILES string of the molecule is Cn1c(SCCN2CCCC2)nnc1[C@H]1CCS(=O)(=O)C1. The molecule has 0 N–H and O–H groups in total. The number of aromatic nitrogens is 3. The summed E-state index contributed by atoms with van der Waals surface area (Å²) >= 11 is 1.71. The molecule has 1 aromatic heterocycles. The minimum atomic E-state index is -2.87. The van der Waals surface area contributed by atoms with Crippen molar-refractivity contribution in [3.8, 4) is 0 Å². The molecule has 1 aromatic rings. The fraction of sp³-hybridized carbons (Fsp3) is 0.846. The predicted octanol–water partition coefficient (Wildman–Crippen LogP) is 0.905. The Morgan fingerprint density at radius 2 is 2.05 bits per heavy atom. The summed E-state index contributed by atoms with van der Waals surface area (Å²) in [5.41, 5.74) is 0. The Hall–Kier alpha value is -0.600. The molecule has 118 valence electrons. The Labute approximate surface area is 130 Å². The van der Waals surface area contributed by atoms with Crippen LogP contribution >= 0.6 is 11.8 Å². The number of nitrogens with zero attached hydrogens (tertiary/aromatic N) is 4. The Morgan fingerprint density at radius 1 is 1.29 bits per heavy atom. The zero-order chi connectivity index (χ0) is 14.9. The fourth-order valence-corrected chi connectivity index (χ4v) is 5.74. The van der Waals surface area contributed by atoms with E-state index in [-0.39, 0.29) is 17.4 Å². The number of hydrogen-bond acceptors (Lipinski definition) is 6. The van der Waals surface area contributed by atoms with Crippen molar-refractivity contribution in [3.63, 3.8) is 0 Å². The van der Waals surface area contributed by atoms with Gasteiger partial charge in [0.25, 0.3) is 0 Å². The summed E-state index contributed by atoms with van der Waals surface area (Å²) < 4.78 is 25.1. The van der Waals surface area contributed by atoms with E-state index in [9.17, 15) is 8.42 Å². The highest BCUT2D eigenvalue weighted by atomic mass is 32.2. The van der Waals surface area contributed by atoms with E-state index in [4.69, 9.17) is 0 Å². The smallest absolute Gasteiger partial charge is 0.191 e. The van der Waals surface area contributed by atoms with Crippen molar-refractivity contribution in [1.82, 2.24) is 19.7 Å². The highest BCUT2D eigenvalue weighted by Gasteiger charge is 2.32. The summed E-state index contributed by atoms with van der Waals surface area (Å²) in [5.74, 6) is 2.34. The van der Waals surface area contributed by atoms with Crippen LogP contribution in [0.25, 0.3) is 0 Å². The van der Waals surface area contributed by atoms with Gasteiger partial charge >= 0.3 is 0 Å². The summed E-state index contributed by atoms with van der Waals surface area (Å²) in [6.45, 7) is 3.51.